The molecule has 1 aromatic heterocycles. The highest BCUT2D eigenvalue weighted by atomic mass is 16.5. The number of ether oxygens (including phenoxy) is 2. The molecule has 1 heterocycles. The quantitative estimate of drug-likeness (QED) is 0.229. The molecular formula is C32H24N4O2. The molecule has 0 aliphatic carbocycles. The number of benzene rings is 5. The second-order valence-electron chi connectivity index (χ2n) is 8.80. The van der Waals surface area contributed by atoms with Gasteiger partial charge >= 0.3 is 0 Å². The molecular weight excluding hydrogens is 472 g/mol. The summed E-state index contributed by atoms with van der Waals surface area (Å²) >= 11 is 0. The van der Waals surface area contributed by atoms with Crippen LogP contribution in [0, 0.1) is 0 Å². The predicted octanol–water partition coefficient (Wildman–Crippen LogP) is 7.71. The van der Waals surface area contributed by atoms with Gasteiger partial charge in [0.15, 0.2) is 0 Å². The number of hydrogen-bond acceptors (Lipinski definition) is 6. The summed E-state index contributed by atoms with van der Waals surface area (Å²) in [6, 6.07) is 38.2. The van der Waals surface area contributed by atoms with Crippen molar-refractivity contribution in [1.82, 2.24) is 9.97 Å². The van der Waals surface area contributed by atoms with Crippen LogP contribution in [0.3, 0.4) is 0 Å². The Kier molecular flexibility index (Phi) is 6.04. The Bertz CT molecular complexity index is 1570. The van der Waals surface area contributed by atoms with Gasteiger partial charge in [-0.05, 0) is 109 Å². The van der Waals surface area contributed by atoms with Gasteiger partial charge in [0.1, 0.15) is 23.0 Å². The van der Waals surface area contributed by atoms with Crippen LogP contribution in [-0.4, -0.2) is 9.97 Å². The van der Waals surface area contributed by atoms with E-state index in [0.717, 1.165) is 56.5 Å². The summed E-state index contributed by atoms with van der Waals surface area (Å²) in [4.78, 5) is 9.97. The molecule has 0 atom stereocenters. The number of aromatic nitrogens is 2. The topological polar surface area (TPSA) is 96.3 Å². The fraction of sp³-hybridized carbons (Fsp3) is 0. The maximum atomic E-state index is 5.97. The van der Waals surface area contributed by atoms with Crippen LogP contribution in [0.5, 0.6) is 23.0 Å². The first kappa shape index (κ1) is 23.1. The van der Waals surface area contributed by atoms with Crippen molar-refractivity contribution in [3.8, 4) is 45.5 Å². The van der Waals surface area contributed by atoms with Crippen molar-refractivity contribution in [2.75, 3.05) is 11.5 Å². The molecule has 0 aliphatic heterocycles. The molecule has 0 saturated heterocycles. The summed E-state index contributed by atoms with van der Waals surface area (Å²) in [6.45, 7) is 0. The first-order valence-electron chi connectivity index (χ1n) is 12.2. The molecule has 0 amide bonds. The first-order chi connectivity index (χ1) is 18.6. The fourth-order valence-corrected chi connectivity index (χ4v) is 4.11. The summed E-state index contributed by atoms with van der Waals surface area (Å²) in [5.41, 5.74) is 18.0. The van der Waals surface area contributed by atoms with Gasteiger partial charge in [0.25, 0.3) is 0 Å². The third-order valence-corrected chi connectivity index (χ3v) is 6.06. The SMILES string of the molecule is Nc1ccc(Oc2ccc(-c3nc4ccccc4nc3-c3ccc(Oc4ccc(N)cc4)cc3)cc2)cc1. The van der Waals surface area contributed by atoms with E-state index in [-0.39, 0.29) is 0 Å². The van der Waals surface area contributed by atoms with Crippen LogP contribution in [-0.2, 0) is 0 Å². The van der Waals surface area contributed by atoms with Crippen molar-refractivity contribution in [2.45, 2.75) is 0 Å². The van der Waals surface area contributed by atoms with Gasteiger partial charge in [0.05, 0.1) is 22.4 Å². The Balaban J connectivity index is 1.33. The second-order valence-corrected chi connectivity index (χ2v) is 8.80. The molecule has 0 bridgehead atoms. The second kappa shape index (κ2) is 9.95. The zero-order chi connectivity index (χ0) is 25.9. The minimum absolute atomic E-state index is 0.694. The minimum Gasteiger partial charge on any atom is -0.457 e. The number of rotatable bonds is 6. The maximum Gasteiger partial charge on any atom is 0.127 e. The molecule has 0 spiro atoms. The van der Waals surface area contributed by atoms with Gasteiger partial charge in [-0.2, -0.15) is 0 Å². The monoisotopic (exact) mass is 496 g/mol. The third kappa shape index (κ3) is 4.96. The number of para-hydroxylation sites is 2. The van der Waals surface area contributed by atoms with Crippen molar-refractivity contribution < 1.29 is 9.47 Å². The fourth-order valence-electron chi connectivity index (χ4n) is 4.11. The molecule has 0 radical (unpaired) electrons. The summed E-state index contributed by atoms with van der Waals surface area (Å²) in [5, 5.41) is 0. The van der Waals surface area contributed by atoms with Gasteiger partial charge in [-0.15, -0.1) is 0 Å². The van der Waals surface area contributed by atoms with Gasteiger partial charge < -0.3 is 20.9 Å². The zero-order valence-corrected chi connectivity index (χ0v) is 20.4. The van der Waals surface area contributed by atoms with Crippen LogP contribution in [0.2, 0.25) is 0 Å². The molecule has 5 aromatic carbocycles. The van der Waals surface area contributed by atoms with E-state index in [1.807, 2.05) is 121 Å². The van der Waals surface area contributed by atoms with E-state index < -0.39 is 0 Å². The molecule has 38 heavy (non-hydrogen) atoms. The Hall–Kier alpha value is -5.36. The Morgan fingerprint density at radius 1 is 0.395 bits per heavy atom. The summed E-state index contributed by atoms with van der Waals surface area (Å²) in [7, 11) is 0. The molecule has 4 N–H and O–H groups in total. The average Bonchev–Trinajstić information content (AvgIpc) is 2.96. The average molecular weight is 497 g/mol. The van der Waals surface area contributed by atoms with Crippen LogP contribution < -0.4 is 20.9 Å². The summed E-state index contributed by atoms with van der Waals surface area (Å²) in [5.74, 6) is 2.88. The molecule has 6 aromatic rings. The van der Waals surface area contributed by atoms with Crippen LogP contribution >= 0.6 is 0 Å². The van der Waals surface area contributed by atoms with Gasteiger partial charge in [0.2, 0.25) is 0 Å². The van der Waals surface area contributed by atoms with Crippen LogP contribution in [0.25, 0.3) is 33.5 Å². The smallest absolute Gasteiger partial charge is 0.127 e. The molecule has 0 unspecified atom stereocenters. The zero-order valence-electron chi connectivity index (χ0n) is 20.4. The van der Waals surface area contributed by atoms with Crippen molar-refractivity contribution in [3.05, 3.63) is 121 Å². The molecule has 0 fully saturated rings. The third-order valence-electron chi connectivity index (χ3n) is 6.06. The van der Waals surface area contributed by atoms with Crippen molar-refractivity contribution in [3.63, 3.8) is 0 Å². The van der Waals surface area contributed by atoms with Crippen LogP contribution in [0.1, 0.15) is 0 Å². The van der Waals surface area contributed by atoms with Gasteiger partial charge in [-0.1, -0.05) is 12.1 Å². The van der Waals surface area contributed by atoms with E-state index in [1.54, 1.807) is 0 Å². The van der Waals surface area contributed by atoms with Gasteiger partial charge in [-0.25, -0.2) is 9.97 Å². The lowest BCUT2D eigenvalue weighted by Gasteiger charge is -2.12. The molecule has 6 nitrogen and oxygen atoms in total. The van der Waals surface area contributed by atoms with E-state index in [0.29, 0.717) is 11.4 Å². The standard InChI is InChI=1S/C32H24N4O2/c33-23-9-17-27(18-10-23)37-25-13-5-21(6-14-25)31-32(36-30-4-2-1-3-29(30)35-31)22-7-15-26(16-8-22)38-28-19-11-24(34)12-20-28/h1-20H,33-34H2. The lowest BCUT2D eigenvalue weighted by Crippen LogP contribution is -1.96. The number of nitrogens with two attached hydrogens (primary N) is 2. The van der Waals surface area contributed by atoms with Crippen LogP contribution in [0.4, 0.5) is 11.4 Å². The number of nitrogens with zero attached hydrogens (tertiary/aromatic N) is 2. The normalized spacial score (nSPS) is 10.8. The highest BCUT2D eigenvalue weighted by molar-refractivity contribution is 5.86. The Morgan fingerprint density at radius 3 is 1.05 bits per heavy atom. The predicted molar refractivity (Wildman–Crippen MR) is 152 cm³/mol. The summed E-state index contributed by atoms with van der Waals surface area (Å²) in [6.07, 6.45) is 0. The molecule has 6 heteroatoms. The van der Waals surface area contributed by atoms with Crippen molar-refractivity contribution in [1.29, 1.82) is 0 Å². The lowest BCUT2D eigenvalue weighted by atomic mass is 10.0. The molecule has 6 rings (SSSR count). The lowest BCUT2D eigenvalue weighted by molar-refractivity contribution is 0.482. The van der Waals surface area contributed by atoms with E-state index in [9.17, 15) is 0 Å². The number of hydrogen-bond donors (Lipinski definition) is 2. The summed E-state index contributed by atoms with van der Waals surface area (Å²) < 4.78 is 11.9. The first-order valence-corrected chi connectivity index (χ1v) is 12.2. The highest BCUT2D eigenvalue weighted by Gasteiger charge is 2.14. The van der Waals surface area contributed by atoms with Crippen molar-refractivity contribution >= 4 is 22.4 Å². The van der Waals surface area contributed by atoms with E-state index in [4.69, 9.17) is 30.9 Å². The largest absolute Gasteiger partial charge is 0.457 e. The molecule has 0 saturated carbocycles. The van der Waals surface area contributed by atoms with Gasteiger partial charge in [-0.3, -0.25) is 0 Å². The minimum atomic E-state index is 0.694. The van der Waals surface area contributed by atoms with E-state index >= 15 is 0 Å². The van der Waals surface area contributed by atoms with E-state index in [2.05, 4.69) is 0 Å². The van der Waals surface area contributed by atoms with E-state index in [1.165, 1.54) is 0 Å². The number of nitrogen functional groups attached to an aromatic ring is 2. The Morgan fingerprint density at radius 2 is 0.711 bits per heavy atom. The van der Waals surface area contributed by atoms with Crippen molar-refractivity contribution in [2.24, 2.45) is 0 Å². The maximum absolute atomic E-state index is 5.97. The number of fused-ring (bicyclic) bond motifs is 1. The van der Waals surface area contributed by atoms with Crippen LogP contribution in [0.15, 0.2) is 121 Å². The molecule has 184 valence electrons. The van der Waals surface area contributed by atoms with Gasteiger partial charge in [0, 0.05) is 22.5 Å². The molecule has 0 aliphatic rings. The highest BCUT2D eigenvalue weighted by Crippen LogP contribution is 2.34. The Labute approximate surface area is 220 Å². The number of anilines is 2.